The molecule has 2 nitrogen and oxygen atoms in total. The summed E-state index contributed by atoms with van der Waals surface area (Å²) in [5, 5.41) is 3.65. The van der Waals surface area contributed by atoms with E-state index in [0.717, 1.165) is 24.5 Å². The quantitative estimate of drug-likeness (QED) is 0.735. The predicted molar refractivity (Wildman–Crippen MR) is 76.4 cm³/mol. The van der Waals surface area contributed by atoms with Crippen molar-refractivity contribution in [1.29, 1.82) is 0 Å². The zero-order valence-electron chi connectivity index (χ0n) is 12.3. The van der Waals surface area contributed by atoms with Crippen LogP contribution in [0.3, 0.4) is 0 Å². The highest BCUT2D eigenvalue weighted by Gasteiger charge is 2.24. The Bertz CT molecular complexity index is 191. The maximum absolute atomic E-state index is 3.65. The van der Waals surface area contributed by atoms with Crippen molar-refractivity contribution >= 4 is 0 Å². The fourth-order valence-corrected chi connectivity index (χ4v) is 2.92. The summed E-state index contributed by atoms with van der Waals surface area (Å²) in [6, 6.07) is 1.55. The monoisotopic (exact) mass is 240 g/mol. The summed E-state index contributed by atoms with van der Waals surface area (Å²) in [5.41, 5.74) is 0. The van der Waals surface area contributed by atoms with Gasteiger partial charge in [0.1, 0.15) is 0 Å². The highest BCUT2D eigenvalue weighted by atomic mass is 15.2. The first-order valence-corrected chi connectivity index (χ1v) is 7.61. The predicted octanol–water partition coefficient (Wildman–Crippen LogP) is 3.28. The Morgan fingerprint density at radius 2 is 2.00 bits per heavy atom. The van der Waals surface area contributed by atoms with Crippen LogP contribution < -0.4 is 5.32 Å². The number of hydrogen-bond acceptors (Lipinski definition) is 2. The van der Waals surface area contributed by atoms with Crippen LogP contribution in [-0.2, 0) is 0 Å². The van der Waals surface area contributed by atoms with Crippen molar-refractivity contribution < 1.29 is 0 Å². The lowest BCUT2D eigenvalue weighted by Crippen LogP contribution is -2.49. The van der Waals surface area contributed by atoms with Crippen LogP contribution in [-0.4, -0.2) is 36.6 Å². The van der Waals surface area contributed by atoms with Gasteiger partial charge >= 0.3 is 0 Å². The number of likely N-dealkylation sites (tertiary alicyclic amines) is 1. The third-order valence-corrected chi connectivity index (χ3v) is 3.88. The molecule has 1 saturated heterocycles. The van der Waals surface area contributed by atoms with Gasteiger partial charge in [0, 0.05) is 18.6 Å². The molecule has 2 atom stereocenters. The van der Waals surface area contributed by atoms with Gasteiger partial charge in [-0.2, -0.15) is 0 Å². The molecule has 0 amide bonds. The van der Waals surface area contributed by atoms with Crippen molar-refractivity contribution in [3.63, 3.8) is 0 Å². The van der Waals surface area contributed by atoms with E-state index in [4.69, 9.17) is 0 Å². The Balaban J connectivity index is 2.39. The molecular weight excluding hydrogens is 208 g/mol. The Morgan fingerprint density at radius 3 is 2.59 bits per heavy atom. The smallest absolute Gasteiger partial charge is 0.0223 e. The first-order chi connectivity index (χ1) is 8.15. The van der Waals surface area contributed by atoms with E-state index < -0.39 is 0 Å². The second-order valence-corrected chi connectivity index (χ2v) is 6.08. The minimum Gasteiger partial charge on any atom is -0.315 e. The summed E-state index contributed by atoms with van der Waals surface area (Å²) in [4.78, 5) is 2.75. The molecule has 0 aromatic heterocycles. The molecule has 1 rings (SSSR count). The molecule has 0 radical (unpaired) electrons. The lowest BCUT2D eigenvalue weighted by atomic mass is 9.99. The molecule has 0 aromatic rings. The molecule has 1 aliphatic heterocycles. The standard InChI is InChI=1S/C15H32N2/c1-5-8-15(12-16-11-13(2)3)17-10-7-6-9-14(17)4/h13-16H,5-12H2,1-4H3. The lowest BCUT2D eigenvalue weighted by Gasteiger charge is -2.40. The molecular formula is C15H32N2. The molecule has 2 heteroatoms. The van der Waals surface area contributed by atoms with Gasteiger partial charge in [0.25, 0.3) is 0 Å². The fraction of sp³-hybridized carbons (Fsp3) is 1.00. The molecule has 17 heavy (non-hydrogen) atoms. The topological polar surface area (TPSA) is 15.3 Å². The summed E-state index contributed by atoms with van der Waals surface area (Å²) >= 11 is 0. The first-order valence-electron chi connectivity index (χ1n) is 7.61. The van der Waals surface area contributed by atoms with E-state index in [0.29, 0.717) is 0 Å². The van der Waals surface area contributed by atoms with E-state index in [1.807, 2.05) is 0 Å². The average Bonchev–Trinajstić information content (AvgIpc) is 2.28. The van der Waals surface area contributed by atoms with Gasteiger partial charge in [0.2, 0.25) is 0 Å². The molecule has 0 aromatic carbocycles. The molecule has 0 spiro atoms. The van der Waals surface area contributed by atoms with Crippen LogP contribution in [0.4, 0.5) is 0 Å². The minimum absolute atomic E-state index is 0.758. The van der Waals surface area contributed by atoms with Crippen molar-refractivity contribution in [3.8, 4) is 0 Å². The minimum atomic E-state index is 0.758. The highest BCUT2D eigenvalue weighted by Crippen LogP contribution is 2.21. The SMILES string of the molecule is CCCC(CNCC(C)C)N1CCCCC1C. The highest BCUT2D eigenvalue weighted by molar-refractivity contribution is 4.81. The van der Waals surface area contributed by atoms with Crippen LogP contribution >= 0.6 is 0 Å². The van der Waals surface area contributed by atoms with Gasteiger partial charge < -0.3 is 5.32 Å². The van der Waals surface area contributed by atoms with Gasteiger partial charge in [-0.15, -0.1) is 0 Å². The van der Waals surface area contributed by atoms with Crippen molar-refractivity contribution in [2.24, 2.45) is 5.92 Å². The van der Waals surface area contributed by atoms with E-state index in [2.05, 4.69) is 37.9 Å². The Kier molecular flexibility index (Phi) is 7.14. The molecule has 2 unspecified atom stereocenters. The van der Waals surface area contributed by atoms with Crippen LogP contribution in [0.25, 0.3) is 0 Å². The van der Waals surface area contributed by atoms with E-state index in [1.165, 1.54) is 45.2 Å². The third kappa shape index (κ3) is 5.39. The summed E-state index contributed by atoms with van der Waals surface area (Å²) in [5.74, 6) is 0.760. The van der Waals surface area contributed by atoms with Crippen molar-refractivity contribution in [1.82, 2.24) is 10.2 Å². The summed E-state index contributed by atoms with van der Waals surface area (Å²) in [7, 11) is 0. The Hall–Kier alpha value is -0.0800. The average molecular weight is 240 g/mol. The van der Waals surface area contributed by atoms with E-state index in [-0.39, 0.29) is 0 Å². The third-order valence-electron chi connectivity index (χ3n) is 3.88. The maximum Gasteiger partial charge on any atom is 0.0223 e. The van der Waals surface area contributed by atoms with Crippen molar-refractivity contribution in [2.45, 2.75) is 71.9 Å². The van der Waals surface area contributed by atoms with Gasteiger partial charge in [-0.05, 0) is 45.2 Å². The van der Waals surface area contributed by atoms with Crippen molar-refractivity contribution in [3.05, 3.63) is 0 Å². The number of hydrogen-bond donors (Lipinski definition) is 1. The van der Waals surface area contributed by atoms with Gasteiger partial charge in [0.15, 0.2) is 0 Å². The molecule has 1 heterocycles. The summed E-state index contributed by atoms with van der Waals surface area (Å²) in [6.45, 7) is 12.9. The van der Waals surface area contributed by atoms with Crippen LogP contribution in [0.1, 0.15) is 59.8 Å². The normalized spacial score (nSPS) is 24.2. The van der Waals surface area contributed by atoms with Gasteiger partial charge in [-0.1, -0.05) is 33.6 Å². The van der Waals surface area contributed by atoms with Gasteiger partial charge in [-0.3, -0.25) is 4.90 Å². The van der Waals surface area contributed by atoms with Gasteiger partial charge in [0.05, 0.1) is 0 Å². The molecule has 1 N–H and O–H groups in total. The molecule has 0 bridgehead atoms. The van der Waals surface area contributed by atoms with Crippen LogP contribution in [0.5, 0.6) is 0 Å². The van der Waals surface area contributed by atoms with E-state index in [1.54, 1.807) is 0 Å². The fourth-order valence-electron chi connectivity index (χ4n) is 2.92. The second-order valence-electron chi connectivity index (χ2n) is 6.08. The molecule has 0 aliphatic carbocycles. The van der Waals surface area contributed by atoms with E-state index >= 15 is 0 Å². The number of nitrogens with zero attached hydrogens (tertiary/aromatic N) is 1. The van der Waals surface area contributed by atoms with Crippen molar-refractivity contribution in [2.75, 3.05) is 19.6 Å². The van der Waals surface area contributed by atoms with Gasteiger partial charge in [-0.25, -0.2) is 0 Å². The molecule has 1 fully saturated rings. The number of rotatable bonds is 7. The molecule has 0 saturated carbocycles. The zero-order chi connectivity index (χ0) is 12.7. The summed E-state index contributed by atoms with van der Waals surface area (Å²) < 4.78 is 0. The van der Waals surface area contributed by atoms with Crippen LogP contribution in [0.2, 0.25) is 0 Å². The Labute approximate surface area is 108 Å². The molecule has 1 aliphatic rings. The largest absolute Gasteiger partial charge is 0.315 e. The zero-order valence-corrected chi connectivity index (χ0v) is 12.3. The number of piperidine rings is 1. The lowest BCUT2D eigenvalue weighted by molar-refractivity contribution is 0.0975. The second kappa shape index (κ2) is 8.10. The van der Waals surface area contributed by atoms with Crippen LogP contribution in [0.15, 0.2) is 0 Å². The first kappa shape index (κ1) is 15.0. The van der Waals surface area contributed by atoms with Crippen LogP contribution in [0, 0.1) is 5.92 Å². The Morgan fingerprint density at radius 1 is 1.24 bits per heavy atom. The number of nitrogens with one attached hydrogen (secondary N) is 1. The van der Waals surface area contributed by atoms with E-state index in [9.17, 15) is 0 Å². The maximum atomic E-state index is 3.65. The molecule has 102 valence electrons. The summed E-state index contributed by atoms with van der Waals surface area (Å²) in [6.07, 6.45) is 6.86.